The van der Waals surface area contributed by atoms with Gasteiger partial charge in [-0.25, -0.2) is 4.79 Å². The molecule has 18 heavy (non-hydrogen) atoms. The third-order valence-corrected chi connectivity index (χ3v) is 3.52. The van der Waals surface area contributed by atoms with Crippen molar-refractivity contribution in [2.45, 2.75) is 17.4 Å². The van der Waals surface area contributed by atoms with E-state index in [4.69, 9.17) is 5.11 Å². The van der Waals surface area contributed by atoms with E-state index in [9.17, 15) is 9.59 Å². The molecule has 1 aliphatic rings. The lowest BCUT2D eigenvalue weighted by atomic mass is 10.1. The molecule has 0 aliphatic carbocycles. The zero-order chi connectivity index (χ0) is 13.1. The van der Waals surface area contributed by atoms with Gasteiger partial charge in [-0.15, -0.1) is 11.8 Å². The molecular formula is C13H13NO3S. The summed E-state index contributed by atoms with van der Waals surface area (Å²) in [5, 5.41) is 9.04. The molecule has 4 nitrogen and oxygen atoms in total. The Hall–Kier alpha value is -1.75. The van der Waals surface area contributed by atoms with Crippen LogP contribution in [0.2, 0.25) is 0 Å². The summed E-state index contributed by atoms with van der Waals surface area (Å²) < 4.78 is 0. The number of hydrogen-bond donors (Lipinski definition) is 1. The monoisotopic (exact) mass is 263 g/mol. The van der Waals surface area contributed by atoms with Gasteiger partial charge in [-0.2, -0.15) is 0 Å². The molecule has 0 aromatic heterocycles. The fourth-order valence-electron chi connectivity index (χ4n) is 1.85. The van der Waals surface area contributed by atoms with Crippen molar-refractivity contribution in [2.75, 3.05) is 6.26 Å². The van der Waals surface area contributed by atoms with Gasteiger partial charge in [0.15, 0.2) is 0 Å². The van der Waals surface area contributed by atoms with Gasteiger partial charge in [-0.05, 0) is 30.9 Å². The quantitative estimate of drug-likeness (QED) is 0.850. The van der Waals surface area contributed by atoms with Gasteiger partial charge < -0.3 is 10.0 Å². The lowest BCUT2D eigenvalue weighted by molar-refractivity contribution is -0.141. The molecule has 1 aromatic rings. The van der Waals surface area contributed by atoms with E-state index in [1.54, 1.807) is 42.2 Å². The maximum Gasteiger partial charge on any atom is 0.327 e. The smallest absolute Gasteiger partial charge is 0.327 e. The van der Waals surface area contributed by atoms with Crippen LogP contribution in [0.5, 0.6) is 0 Å². The Morgan fingerprint density at radius 3 is 2.89 bits per heavy atom. The normalized spacial score (nSPS) is 18.1. The summed E-state index contributed by atoms with van der Waals surface area (Å²) in [6.45, 7) is 0. The fraction of sp³-hybridized carbons (Fsp3) is 0.231. The van der Waals surface area contributed by atoms with E-state index in [2.05, 4.69) is 0 Å². The Bertz CT molecular complexity index is 513. The zero-order valence-corrected chi connectivity index (χ0v) is 10.7. The molecule has 1 aromatic carbocycles. The zero-order valence-electron chi connectivity index (χ0n) is 9.87. The summed E-state index contributed by atoms with van der Waals surface area (Å²) >= 11 is 1.54. The number of nitrogens with zero attached hydrogens (tertiary/aromatic N) is 1. The van der Waals surface area contributed by atoms with E-state index >= 15 is 0 Å². The second-order valence-corrected chi connectivity index (χ2v) is 4.80. The van der Waals surface area contributed by atoms with E-state index < -0.39 is 12.0 Å². The molecule has 2 rings (SSSR count). The SMILES string of the molecule is CSc1cccc(C(=O)N2C=CC[C@@H]2C(=O)O)c1. The molecule has 5 heteroatoms. The fourth-order valence-corrected chi connectivity index (χ4v) is 2.31. The maximum atomic E-state index is 12.2. The molecule has 1 amide bonds. The molecule has 1 N–H and O–H groups in total. The van der Waals surface area contributed by atoms with Crippen LogP contribution in [0.25, 0.3) is 0 Å². The first-order chi connectivity index (χ1) is 8.63. The summed E-state index contributed by atoms with van der Waals surface area (Å²) in [5.41, 5.74) is 0.514. The number of hydrogen-bond acceptors (Lipinski definition) is 3. The maximum absolute atomic E-state index is 12.2. The van der Waals surface area contributed by atoms with Crippen LogP contribution in [0.3, 0.4) is 0 Å². The summed E-state index contributed by atoms with van der Waals surface area (Å²) in [6, 6.07) is 6.41. The molecule has 0 spiro atoms. The minimum Gasteiger partial charge on any atom is -0.480 e. The van der Waals surface area contributed by atoms with E-state index in [0.717, 1.165) is 4.90 Å². The first-order valence-electron chi connectivity index (χ1n) is 5.49. The van der Waals surface area contributed by atoms with Crippen LogP contribution < -0.4 is 0 Å². The minimum atomic E-state index is -0.977. The van der Waals surface area contributed by atoms with Crippen LogP contribution in [0.1, 0.15) is 16.8 Å². The highest BCUT2D eigenvalue weighted by atomic mass is 32.2. The number of thioether (sulfide) groups is 1. The molecule has 0 fully saturated rings. The molecule has 0 saturated carbocycles. The Kier molecular flexibility index (Phi) is 3.72. The first-order valence-corrected chi connectivity index (χ1v) is 6.72. The molecule has 1 heterocycles. The number of aliphatic carboxylic acids is 1. The van der Waals surface area contributed by atoms with Crippen LogP contribution >= 0.6 is 11.8 Å². The number of rotatable bonds is 3. The van der Waals surface area contributed by atoms with Gasteiger partial charge in [-0.3, -0.25) is 4.79 Å². The van der Waals surface area contributed by atoms with Crippen molar-refractivity contribution in [2.24, 2.45) is 0 Å². The molecule has 0 radical (unpaired) electrons. The number of carbonyl (C=O) groups is 2. The van der Waals surface area contributed by atoms with Gasteiger partial charge in [0.1, 0.15) is 6.04 Å². The highest BCUT2D eigenvalue weighted by Gasteiger charge is 2.31. The Balaban J connectivity index is 2.25. The molecule has 94 valence electrons. The average molecular weight is 263 g/mol. The van der Waals surface area contributed by atoms with Crippen molar-refractivity contribution < 1.29 is 14.7 Å². The molecule has 0 unspecified atom stereocenters. The van der Waals surface area contributed by atoms with E-state index in [1.807, 2.05) is 12.3 Å². The summed E-state index contributed by atoms with van der Waals surface area (Å²) in [7, 11) is 0. The summed E-state index contributed by atoms with van der Waals surface area (Å²) in [6.07, 6.45) is 5.55. The van der Waals surface area contributed by atoms with Crippen LogP contribution in [-0.2, 0) is 4.79 Å². The number of amides is 1. The van der Waals surface area contributed by atoms with Gasteiger partial charge in [0.25, 0.3) is 5.91 Å². The van der Waals surface area contributed by atoms with Gasteiger partial charge in [-0.1, -0.05) is 12.1 Å². The van der Waals surface area contributed by atoms with Crippen molar-refractivity contribution >= 4 is 23.6 Å². The molecule has 0 saturated heterocycles. The van der Waals surface area contributed by atoms with E-state index in [1.165, 1.54) is 4.90 Å². The van der Waals surface area contributed by atoms with Crippen molar-refractivity contribution in [3.63, 3.8) is 0 Å². The molecule has 1 aliphatic heterocycles. The van der Waals surface area contributed by atoms with E-state index in [0.29, 0.717) is 12.0 Å². The predicted molar refractivity (Wildman–Crippen MR) is 69.6 cm³/mol. The Morgan fingerprint density at radius 2 is 2.22 bits per heavy atom. The third kappa shape index (κ3) is 2.41. The highest BCUT2D eigenvalue weighted by molar-refractivity contribution is 7.98. The largest absolute Gasteiger partial charge is 0.480 e. The third-order valence-electron chi connectivity index (χ3n) is 2.80. The summed E-state index contributed by atoms with van der Waals surface area (Å²) in [4.78, 5) is 25.5. The molecule has 1 atom stereocenters. The lowest BCUT2D eigenvalue weighted by Gasteiger charge is -2.20. The van der Waals surface area contributed by atoms with Crippen molar-refractivity contribution in [1.29, 1.82) is 0 Å². The topological polar surface area (TPSA) is 57.6 Å². The van der Waals surface area contributed by atoms with Crippen LogP contribution in [0, 0.1) is 0 Å². The second-order valence-electron chi connectivity index (χ2n) is 3.92. The number of benzene rings is 1. The Morgan fingerprint density at radius 1 is 1.44 bits per heavy atom. The van der Waals surface area contributed by atoms with Crippen LogP contribution in [0.4, 0.5) is 0 Å². The van der Waals surface area contributed by atoms with Gasteiger partial charge in [0.2, 0.25) is 0 Å². The van der Waals surface area contributed by atoms with E-state index in [-0.39, 0.29) is 5.91 Å². The summed E-state index contributed by atoms with van der Waals surface area (Å²) in [5.74, 6) is -1.25. The number of carbonyl (C=O) groups excluding carboxylic acids is 1. The second kappa shape index (κ2) is 5.27. The standard InChI is InChI=1S/C13H13NO3S/c1-18-10-5-2-4-9(8-10)12(15)14-7-3-6-11(14)13(16)17/h2-5,7-8,11H,6H2,1H3,(H,16,17)/t11-/m1/s1. The van der Waals surface area contributed by atoms with Gasteiger partial charge in [0.05, 0.1) is 0 Å². The highest BCUT2D eigenvalue weighted by Crippen LogP contribution is 2.21. The van der Waals surface area contributed by atoms with Crippen LogP contribution in [0.15, 0.2) is 41.4 Å². The van der Waals surface area contributed by atoms with Crippen molar-refractivity contribution in [3.8, 4) is 0 Å². The van der Waals surface area contributed by atoms with Crippen LogP contribution in [-0.4, -0.2) is 34.2 Å². The molecule has 0 bridgehead atoms. The van der Waals surface area contributed by atoms with Gasteiger partial charge in [0, 0.05) is 16.7 Å². The van der Waals surface area contributed by atoms with Crippen molar-refractivity contribution in [3.05, 3.63) is 42.1 Å². The predicted octanol–water partition coefficient (Wildman–Crippen LogP) is 2.22. The minimum absolute atomic E-state index is 0.271. The lowest BCUT2D eigenvalue weighted by Crippen LogP contribution is -2.38. The number of carboxylic acid groups (broad SMARTS) is 1. The van der Waals surface area contributed by atoms with Crippen molar-refractivity contribution in [1.82, 2.24) is 4.90 Å². The van der Waals surface area contributed by atoms with Gasteiger partial charge >= 0.3 is 5.97 Å². The first kappa shape index (κ1) is 12.7. The number of carboxylic acids is 1. The Labute approximate surface area is 109 Å². The average Bonchev–Trinajstić information content (AvgIpc) is 2.87. The molecular weight excluding hydrogens is 250 g/mol.